The molecule has 0 fully saturated rings. The number of Topliss-reactive ketones (excluding diaryl/α,β-unsaturated/α-hetero) is 1. The molecule has 1 N–H and O–H groups in total. The summed E-state index contributed by atoms with van der Waals surface area (Å²) in [6.45, 7) is 1.77. The average molecular weight is 329 g/mol. The van der Waals surface area contributed by atoms with Gasteiger partial charge in [-0.3, -0.25) is 10.1 Å². The van der Waals surface area contributed by atoms with Crippen molar-refractivity contribution in [3.8, 4) is 11.5 Å². The van der Waals surface area contributed by atoms with Gasteiger partial charge in [-0.2, -0.15) is 0 Å². The second kappa shape index (κ2) is 8.01. The molecule has 0 saturated carbocycles. The Morgan fingerprint density at radius 2 is 1.75 bits per heavy atom. The molecule has 0 bridgehead atoms. The van der Waals surface area contributed by atoms with Gasteiger partial charge in [-0.1, -0.05) is 0 Å². The number of ketones is 1. The minimum Gasteiger partial charge on any atom is -0.496 e. The summed E-state index contributed by atoms with van der Waals surface area (Å²) in [6, 6.07) is 12.1. The van der Waals surface area contributed by atoms with Gasteiger partial charge in [0.1, 0.15) is 18.1 Å². The van der Waals surface area contributed by atoms with E-state index in [-0.39, 0.29) is 12.4 Å². The second-order valence-corrected chi connectivity index (χ2v) is 5.01. The number of methoxy groups -OCH3 is 2. The van der Waals surface area contributed by atoms with Crippen LogP contribution in [0.3, 0.4) is 0 Å². The molecule has 2 rings (SSSR count). The highest BCUT2D eigenvalue weighted by Gasteiger charge is 2.08. The van der Waals surface area contributed by atoms with E-state index in [1.165, 1.54) is 14.0 Å². The SMILES string of the molecule is COC(=O)Nc1ccc(OCc2cc(C(C)=O)ccc2OC)cc1. The quantitative estimate of drug-likeness (QED) is 0.819. The molecule has 0 aromatic heterocycles. The summed E-state index contributed by atoms with van der Waals surface area (Å²) >= 11 is 0. The predicted octanol–water partition coefficient (Wildman–Crippen LogP) is 3.66. The van der Waals surface area contributed by atoms with Gasteiger partial charge in [0.05, 0.1) is 14.2 Å². The molecule has 2 aromatic rings. The van der Waals surface area contributed by atoms with E-state index >= 15 is 0 Å². The summed E-state index contributed by atoms with van der Waals surface area (Å²) in [5.41, 5.74) is 1.99. The van der Waals surface area contributed by atoms with Crippen LogP contribution in [0, 0.1) is 0 Å². The van der Waals surface area contributed by atoms with Crippen molar-refractivity contribution in [3.63, 3.8) is 0 Å². The second-order valence-electron chi connectivity index (χ2n) is 5.01. The van der Waals surface area contributed by atoms with Gasteiger partial charge in [0.25, 0.3) is 0 Å². The van der Waals surface area contributed by atoms with Crippen molar-refractivity contribution in [2.75, 3.05) is 19.5 Å². The Kier molecular flexibility index (Phi) is 5.78. The van der Waals surface area contributed by atoms with Crippen molar-refractivity contribution in [2.45, 2.75) is 13.5 Å². The predicted molar refractivity (Wildman–Crippen MR) is 89.8 cm³/mol. The Balaban J connectivity index is 2.06. The molecule has 0 radical (unpaired) electrons. The van der Waals surface area contributed by atoms with Crippen molar-refractivity contribution in [1.29, 1.82) is 0 Å². The van der Waals surface area contributed by atoms with Crippen LogP contribution in [0.2, 0.25) is 0 Å². The number of hydrogen-bond donors (Lipinski definition) is 1. The maximum absolute atomic E-state index is 11.5. The molecule has 1 amide bonds. The van der Waals surface area contributed by atoms with Gasteiger partial charge in [-0.15, -0.1) is 0 Å². The largest absolute Gasteiger partial charge is 0.496 e. The first-order valence-corrected chi connectivity index (χ1v) is 7.29. The number of carbonyl (C=O) groups excluding carboxylic acids is 2. The summed E-state index contributed by atoms with van der Waals surface area (Å²) in [5.74, 6) is 1.27. The molecule has 0 saturated heterocycles. The summed E-state index contributed by atoms with van der Waals surface area (Å²) in [7, 11) is 2.87. The Hall–Kier alpha value is -3.02. The van der Waals surface area contributed by atoms with Crippen LogP contribution >= 0.6 is 0 Å². The maximum Gasteiger partial charge on any atom is 0.411 e. The third kappa shape index (κ3) is 4.49. The van der Waals surface area contributed by atoms with Crippen LogP contribution in [0.1, 0.15) is 22.8 Å². The number of hydrogen-bond acceptors (Lipinski definition) is 5. The van der Waals surface area contributed by atoms with Gasteiger partial charge < -0.3 is 14.2 Å². The first-order valence-electron chi connectivity index (χ1n) is 7.29. The fourth-order valence-corrected chi connectivity index (χ4v) is 2.07. The zero-order valence-electron chi connectivity index (χ0n) is 13.8. The number of nitrogens with one attached hydrogen (secondary N) is 1. The van der Waals surface area contributed by atoms with Crippen LogP contribution in [-0.4, -0.2) is 26.1 Å². The Morgan fingerprint density at radius 1 is 1.04 bits per heavy atom. The first kappa shape index (κ1) is 17.3. The Labute approximate surface area is 140 Å². The van der Waals surface area contributed by atoms with Crippen molar-refractivity contribution in [3.05, 3.63) is 53.6 Å². The van der Waals surface area contributed by atoms with Gasteiger partial charge in [-0.25, -0.2) is 4.79 Å². The van der Waals surface area contributed by atoms with Crippen LogP contribution in [0.25, 0.3) is 0 Å². The number of benzene rings is 2. The summed E-state index contributed by atoms with van der Waals surface area (Å²) < 4.78 is 15.5. The molecule has 0 aliphatic carbocycles. The van der Waals surface area contributed by atoms with Gasteiger partial charge in [0.15, 0.2) is 5.78 Å². The number of carbonyl (C=O) groups is 2. The zero-order chi connectivity index (χ0) is 17.5. The molecule has 0 spiro atoms. The fourth-order valence-electron chi connectivity index (χ4n) is 2.07. The summed E-state index contributed by atoms with van der Waals surface area (Å²) in [6.07, 6.45) is -0.533. The molecule has 0 aliphatic heterocycles. The standard InChI is InChI=1S/C18H19NO5/c1-12(20)13-4-9-17(22-2)14(10-13)11-24-16-7-5-15(6-8-16)19-18(21)23-3/h4-10H,11H2,1-3H3,(H,19,21). The molecule has 24 heavy (non-hydrogen) atoms. The lowest BCUT2D eigenvalue weighted by Crippen LogP contribution is -2.10. The lowest BCUT2D eigenvalue weighted by atomic mass is 10.1. The van der Waals surface area contributed by atoms with Crippen LogP contribution in [0.5, 0.6) is 11.5 Å². The Morgan fingerprint density at radius 3 is 2.33 bits per heavy atom. The van der Waals surface area contributed by atoms with E-state index in [1.54, 1.807) is 49.6 Å². The van der Waals surface area contributed by atoms with Gasteiger partial charge >= 0.3 is 6.09 Å². The molecule has 126 valence electrons. The molecule has 6 nitrogen and oxygen atoms in total. The normalized spacial score (nSPS) is 9.96. The van der Waals surface area contributed by atoms with E-state index in [0.29, 0.717) is 22.7 Å². The molecular weight excluding hydrogens is 310 g/mol. The van der Waals surface area contributed by atoms with E-state index in [4.69, 9.17) is 9.47 Å². The van der Waals surface area contributed by atoms with Crippen LogP contribution < -0.4 is 14.8 Å². The topological polar surface area (TPSA) is 73.9 Å². The molecule has 6 heteroatoms. The summed E-state index contributed by atoms with van der Waals surface area (Å²) in [4.78, 5) is 22.6. The minimum absolute atomic E-state index is 0.0165. The Bertz CT molecular complexity index is 725. The lowest BCUT2D eigenvalue weighted by molar-refractivity contribution is 0.101. The molecular formula is C18H19NO5. The van der Waals surface area contributed by atoms with Crippen molar-refractivity contribution in [1.82, 2.24) is 0 Å². The molecule has 2 aromatic carbocycles. The van der Waals surface area contributed by atoms with Crippen LogP contribution in [-0.2, 0) is 11.3 Å². The number of anilines is 1. The number of ether oxygens (including phenoxy) is 3. The highest BCUT2D eigenvalue weighted by molar-refractivity contribution is 5.94. The lowest BCUT2D eigenvalue weighted by Gasteiger charge is -2.12. The van der Waals surface area contributed by atoms with Gasteiger partial charge in [0.2, 0.25) is 0 Å². The molecule has 0 unspecified atom stereocenters. The van der Waals surface area contributed by atoms with E-state index in [9.17, 15) is 9.59 Å². The third-order valence-corrected chi connectivity index (χ3v) is 3.37. The first-order chi connectivity index (χ1) is 11.5. The summed E-state index contributed by atoms with van der Waals surface area (Å²) in [5, 5.41) is 2.56. The number of rotatable bonds is 6. The van der Waals surface area contributed by atoms with Gasteiger partial charge in [-0.05, 0) is 49.4 Å². The van der Waals surface area contributed by atoms with E-state index < -0.39 is 6.09 Å². The molecule has 0 atom stereocenters. The highest BCUT2D eigenvalue weighted by atomic mass is 16.5. The van der Waals surface area contributed by atoms with Gasteiger partial charge in [0, 0.05) is 16.8 Å². The average Bonchev–Trinajstić information content (AvgIpc) is 2.60. The monoisotopic (exact) mass is 329 g/mol. The molecule has 0 heterocycles. The molecule has 0 aliphatic rings. The highest BCUT2D eigenvalue weighted by Crippen LogP contribution is 2.23. The smallest absolute Gasteiger partial charge is 0.411 e. The third-order valence-electron chi connectivity index (χ3n) is 3.37. The number of amides is 1. The zero-order valence-corrected chi connectivity index (χ0v) is 13.8. The van der Waals surface area contributed by atoms with Crippen molar-refractivity contribution < 1.29 is 23.8 Å². The van der Waals surface area contributed by atoms with E-state index in [0.717, 1.165) is 5.56 Å². The van der Waals surface area contributed by atoms with E-state index in [1.807, 2.05) is 0 Å². The van der Waals surface area contributed by atoms with Crippen molar-refractivity contribution >= 4 is 17.6 Å². The fraction of sp³-hybridized carbons (Fsp3) is 0.222. The van der Waals surface area contributed by atoms with E-state index in [2.05, 4.69) is 10.1 Å². The van der Waals surface area contributed by atoms with Crippen LogP contribution in [0.4, 0.5) is 10.5 Å². The minimum atomic E-state index is -0.533. The van der Waals surface area contributed by atoms with Crippen LogP contribution in [0.15, 0.2) is 42.5 Å². The maximum atomic E-state index is 11.5. The van der Waals surface area contributed by atoms with Crippen molar-refractivity contribution in [2.24, 2.45) is 0 Å².